The van der Waals surface area contributed by atoms with Crippen LogP contribution in [-0.4, -0.2) is 17.4 Å². The van der Waals surface area contributed by atoms with Gasteiger partial charge in [0.25, 0.3) is 0 Å². The molecule has 3 aromatic rings. The monoisotopic (exact) mass is 332 g/mol. The largest absolute Gasteiger partial charge is 0.358 e. The molecule has 1 aromatic heterocycles. The Morgan fingerprint density at radius 1 is 1.16 bits per heavy atom. The van der Waals surface area contributed by atoms with Gasteiger partial charge >= 0.3 is 0 Å². The molecule has 0 bridgehead atoms. The first-order valence-electron chi connectivity index (χ1n) is 9.13. The summed E-state index contributed by atoms with van der Waals surface area (Å²) >= 11 is 0. The van der Waals surface area contributed by atoms with Gasteiger partial charge in [-0.15, -0.1) is 0 Å². The van der Waals surface area contributed by atoms with Gasteiger partial charge in [-0.1, -0.05) is 42.5 Å². The fraction of sp³-hybridized carbons (Fsp3) is 0.318. The maximum Gasteiger partial charge on any atom is 0.220 e. The van der Waals surface area contributed by atoms with Crippen LogP contribution >= 0.6 is 0 Å². The van der Waals surface area contributed by atoms with Crippen molar-refractivity contribution in [1.29, 1.82) is 0 Å². The Hall–Kier alpha value is -2.55. The zero-order chi connectivity index (χ0) is 17.2. The van der Waals surface area contributed by atoms with Gasteiger partial charge < -0.3 is 10.3 Å². The summed E-state index contributed by atoms with van der Waals surface area (Å²) in [5, 5.41) is 4.38. The van der Waals surface area contributed by atoms with Crippen LogP contribution in [0, 0.1) is 6.92 Å². The summed E-state index contributed by atoms with van der Waals surface area (Å²) in [6, 6.07) is 16.9. The predicted octanol–water partition coefficient (Wildman–Crippen LogP) is 4.26. The minimum absolute atomic E-state index is 0.166. The number of carbonyl (C=O) groups excluding carboxylic acids is 1. The molecule has 1 atom stereocenters. The quantitative estimate of drug-likeness (QED) is 0.720. The summed E-state index contributed by atoms with van der Waals surface area (Å²) in [5.74, 6) is 0.547. The highest BCUT2D eigenvalue weighted by Crippen LogP contribution is 2.35. The van der Waals surface area contributed by atoms with E-state index < -0.39 is 0 Å². The fourth-order valence-electron chi connectivity index (χ4n) is 4.14. The highest BCUT2D eigenvalue weighted by atomic mass is 16.1. The van der Waals surface area contributed by atoms with Crippen molar-refractivity contribution in [2.45, 2.75) is 38.5 Å². The molecule has 1 amide bonds. The number of carbonyl (C=O) groups is 1. The summed E-state index contributed by atoms with van der Waals surface area (Å²) in [4.78, 5) is 15.8. The van der Waals surface area contributed by atoms with Crippen LogP contribution in [0.25, 0.3) is 10.9 Å². The van der Waals surface area contributed by atoms with Crippen LogP contribution in [-0.2, 0) is 17.6 Å². The van der Waals surface area contributed by atoms with Crippen LogP contribution in [0.5, 0.6) is 0 Å². The number of aryl methyl sites for hydroxylation is 2. The van der Waals surface area contributed by atoms with Gasteiger partial charge in [-0.2, -0.15) is 0 Å². The van der Waals surface area contributed by atoms with Crippen LogP contribution in [0.2, 0.25) is 0 Å². The van der Waals surface area contributed by atoms with E-state index in [-0.39, 0.29) is 5.91 Å². The summed E-state index contributed by atoms with van der Waals surface area (Å²) in [5.41, 5.74) is 6.45. The third-order valence-corrected chi connectivity index (χ3v) is 5.41. The lowest BCUT2D eigenvalue weighted by Crippen LogP contribution is -2.27. The molecule has 1 aliphatic carbocycles. The Morgan fingerprint density at radius 2 is 1.96 bits per heavy atom. The summed E-state index contributed by atoms with van der Waals surface area (Å²) in [6.45, 7) is 2.79. The third-order valence-electron chi connectivity index (χ3n) is 5.41. The number of aromatic amines is 1. The van der Waals surface area contributed by atoms with E-state index in [0.29, 0.717) is 18.9 Å². The lowest BCUT2D eigenvalue weighted by atomic mass is 9.97. The first-order valence-corrected chi connectivity index (χ1v) is 9.13. The van der Waals surface area contributed by atoms with Crippen molar-refractivity contribution in [2.75, 3.05) is 6.54 Å². The number of benzene rings is 2. The maximum absolute atomic E-state index is 12.4. The SMILES string of the molecule is Cc1[nH]c2ccccc2c1CCNC(=O)CC1CCc2ccccc21. The number of hydrogen-bond donors (Lipinski definition) is 2. The molecule has 3 heteroatoms. The second kappa shape index (κ2) is 6.75. The van der Waals surface area contributed by atoms with Gasteiger partial charge in [-0.25, -0.2) is 0 Å². The Bertz CT molecular complexity index is 909. The van der Waals surface area contributed by atoms with Crippen LogP contribution in [0.1, 0.15) is 41.1 Å². The molecule has 1 aliphatic rings. The molecule has 3 nitrogen and oxygen atoms in total. The van der Waals surface area contributed by atoms with Crippen LogP contribution in [0.15, 0.2) is 48.5 Å². The first kappa shape index (κ1) is 15.9. The van der Waals surface area contributed by atoms with Crippen molar-refractivity contribution in [3.8, 4) is 0 Å². The molecule has 1 unspecified atom stereocenters. The molecule has 2 aromatic carbocycles. The number of nitrogens with one attached hydrogen (secondary N) is 2. The Morgan fingerprint density at radius 3 is 2.88 bits per heavy atom. The zero-order valence-electron chi connectivity index (χ0n) is 14.6. The van der Waals surface area contributed by atoms with E-state index in [1.807, 2.05) is 6.07 Å². The molecule has 2 N–H and O–H groups in total. The zero-order valence-corrected chi connectivity index (χ0v) is 14.6. The summed E-state index contributed by atoms with van der Waals surface area (Å²) in [6.07, 6.45) is 3.66. The second-order valence-electron chi connectivity index (χ2n) is 7.01. The topological polar surface area (TPSA) is 44.9 Å². The molecule has 0 saturated carbocycles. The summed E-state index contributed by atoms with van der Waals surface area (Å²) in [7, 11) is 0. The van der Waals surface area contributed by atoms with Crippen molar-refractivity contribution >= 4 is 16.8 Å². The van der Waals surface area contributed by atoms with Gasteiger partial charge in [0.05, 0.1) is 0 Å². The number of fused-ring (bicyclic) bond motifs is 2. The number of hydrogen-bond acceptors (Lipinski definition) is 1. The Balaban J connectivity index is 1.34. The molecule has 4 rings (SSSR count). The van der Waals surface area contributed by atoms with Gasteiger partial charge in [0, 0.05) is 29.6 Å². The minimum Gasteiger partial charge on any atom is -0.358 e. The fourth-order valence-corrected chi connectivity index (χ4v) is 4.14. The molecule has 0 fully saturated rings. The second-order valence-corrected chi connectivity index (χ2v) is 7.01. The van der Waals surface area contributed by atoms with Crippen LogP contribution < -0.4 is 5.32 Å². The number of amides is 1. The van der Waals surface area contributed by atoms with Crippen LogP contribution in [0.3, 0.4) is 0 Å². The Labute approximate surface area is 148 Å². The average Bonchev–Trinajstić information content (AvgIpc) is 3.16. The molecule has 0 saturated heterocycles. The van der Waals surface area contributed by atoms with Crippen molar-refractivity contribution in [2.24, 2.45) is 0 Å². The van der Waals surface area contributed by atoms with Crippen molar-refractivity contribution < 1.29 is 4.79 Å². The Kier molecular flexibility index (Phi) is 4.31. The van der Waals surface area contributed by atoms with E-state index in [2.05, 4.69) is 59.7 Å². The summed E-state index contributed by atoms with van der Waals surface area (Å²) < 4.78 is 0. The number of aromatic nitrogens is 1. The van der Waals surface area contributed by atoms with Gasteiger partial charge in [-0.3, -0.25) is 4.79 Å². The molecule has 1 heterocycles. The van der Waals surface area contributed by atoms with E-state index in [1.54, 1.807) is 0 Å². The smallest absolute Gasteiger partial charge is 0.220 e. The number of H-pyrrole nitrogens is 1. The highest BCUT2D eigenvalue weighted by molar-refractivity contribution is 5.84. The normalized spacial score (nSPS) is 16.1. The van der Waals surface area contributed by atoms with E-state index in [1.165, 1.54) is 33.3 Å². The highest BCUT2D eigenvalue weighted by Gasteiger charge is 2.24. The standard InChI is InChI=1S/C22H24N2O/c1-15-18(20-8-4-5-9-21(20)24-15)12-13-23-22(25)14-17-11-10-16-6-2-3-7-19(16)17/h2-9,17,24H,10-14H2,1H3,(H,23,25). The van der Waals surface area contributed by atoms with E-state index in [0.717, 1.165) is 19.3 Å². The van der Waals surface area contributed by atoms with Crippen molar-refractivity contribution in [1.82, 2.24) is 10.3 Å². The average molecular weight is 332 g/mol. The van der Waals surface area contributed by atoms with Crippen LogP contribution in [0.4, 0.5) is 0 Å². The maximum atomic E-state index is 12.4. The van der Waals surface area contributed by atoms with Gasteiger partial charge in [-0.05, 0) is 54.9 Å². The number of rotatable bonds is 5. The lowest BCUT2D eigenvalue weighted by Gasteiger charge is -2.12. The first-order chi connectivity index (χ1) is 12.2. The van der Waals surface area contributed by atoms with E-state index in [9.17, 15) is 4.79 Å². The minimum atomic E-state index is 0.166. The lowest BCUT2D eigenvalue weighted by molar-refractivity contribution is -0.121. The molecule has 25 heavy (non-hydrogen) atoms. The predicted molar refractivity (Wildman–Crippen MR) is 102 cm³/mol. The van der Waals surface area contributed by atoms with Gasteiger partial charge in [0.2, 0.25) is 5.91 Å². The third kappa shape index (κ3) is 3.19. The molecule has 128 valence electrons. The number of para-hydroxylation sites is 1. The van der Waals surface area contributed by atoms with Gasteiger partial charge in [0.1, 0.15) is 0 Å². The molecule has 0 spiro atoms. The van der Waals surface area contributed by atoms with E-state index >= 15 is 0 Å². The van der Waals surface area contributed by atoms with Gasteiger partial charge in [0.15, 0.2) is 0 Å². The van der Waals surface area contributed by atoms with Crippen molar-refractivity contribution in [3.63, 3.8) is 0 Å². The van der Waals surface area contributed by atoms with Crippen molar-refractivity contribution in [3.05, 3.63) is 70.9 Å². The van der Waals surface area contributed by atoms with E-state index in [4.69, 9.17) is 0 Å². The molecular formula is C22H24N2O. The molecule has 0 aliphatic heterocycles. The molecule has 0 radical (unpaired) electrons. The molecular weight excluding hydrogens is 308 g/mol.